The SMILES string of the molecule is CC1CN2CCCC2CN1S(=O)(=O)c1ccccc1F. The van der Waals surface area contributed by atoms with Crippen LogP contribution in [0.4, 0.5) is 4.39 Å². The van der Waals surface area contributed by atoms with Gasteiger partial charge in [-0.25, -0.2) is 12.8 Å². The molecule has 3 rings (SSSR count). The molecule has 0 aromatic heterocycles. The molecular weight excluding hydrogens is 279 g/mol. The Morgan fingerprint density at radius 1 is 1.25 bits per heavy atom. The van der Waals surface area contributed by atoms with Crippen LogP contribution in [0.1, 0.15) is 19.8 Å². The van der Waals surface area contributed by atoms with Crippen LogP contribution in [0.2, 0.25) is 0 Å². The Morgan fingerprint density at radius 3 is 2.75 bits per heavy atom. The fourth-order valence-electron chi connectivity index (χ4n) is 3.28. The lowest BCUT2D eigenvalue weighted by molar-refractivity contribution is 0.117. The molecule has 0 bridgehead atoms. The summed E-state index contributed by atoms with van der Waals surface area (Å²) in [6.45, 7) is 4.14. The first-order chi connectivity index (χ1) is 9.50. The quantitative estimate of drug-likeness (QED) is 0.834. The summed E-state index contributed by atoms with van der Waals surface area (Å²) in [5.41, 5.74) is 0. The molecule has 0 saturated carbocycles. The number of sulfonamides is 1. The van der Waals surface area contributed by atoms with E-state index in [0.29, 0.717) is 6.54 Å². The summed E-state index contributed by atoms with van der Waals surface area (Å²) in [6.07, 6.45) is 2.14. The lowest BCUT2D eigenvalue weighted by Gasteiger charge is -2.41. The monoisotopic (exact) mass is 298 g/mol. The highest BCUT2D eigenvalue weighted by Crippen LogP contribution is 2.29. The maximum Gasteiger partial charge on any atom is 0.246 e. The first-order valence-electron chi connectivity index (χ1n) is 7.00. The highest BCUT2D eigenvalue weighted by Gasteiger charge is 2.40. The number of hydrogen-bond donors (Lipinski definition) is 0. The van der Waals surface area contributed by atoms with Crippen molar-refractivity contribution in [3.63, 3.8) is 0 Å². The van der Waals surface area contributed by atoms with Gasteiger partial charge >= 0.3 is 0 Å². The molecule has 1 aromatic rings. The Kier molecular flexibility index (Phi) is 3.56. The van der Waals surface area contributed by atoms with Crippen LogP contribution in [0.15, 0.2) is 29.2 Å². The van der Waals surface area contributed by atoms with E-state index in [4.69, 9.17) is 0 Å². The minimum atomic E-state index is -3.75. The largest absolute Gasteiger partial charge is 0.297 e. The van der Waals surface area contributed by atoms with Crippen LogP contribution in [0.25, 0.3) is 0 Å². The van der Waals surface area contributed by atoms with Gasteiger partial charge in [0.15, 0.2) is 0 Å². The molecule has 1 aromatic carbocycles. The van der Waals surface area contributed by atoms with Gasteiger partial charge in [0.25, 0.3) is 0 Å². The van der Waals surface area contributed by atoms with Crippen molar-refractivity contribution in [3.05, 3.63) is 30.1 Å². The van der Waals surface area contributed by atoms with Gasteiger partial charge in [-0.2, -0.15) is 4.31 Å². The zero-order valence-electron chi connectivity index (χ0n) is 11.5. The Hall–Kier alpha value is -0.980. The Labute approximate surface area is 119 Å². The highest BCUT2D eigenvalue weighted by atomic mass is 32.2. The summed E-state index contributed by atoms with van der Waals surface area (Å²) < 4.78 is 40.6. The molecular formula is C14H19FN2O2S. The number of piperazine rings is 1. The average molecular weight is 298 g/mol. The number of rotatable bonds is 2. The van der Waals surface area contributed by atoms with E-state index < -0.39 is 15.8 Å². The summed E-state index contributed by atoms with van der Waals surface area (Å²) in [7, 11) is -3.75. The maximum atomic E-state index is 13.8. The van der Waals surface area contributed by atoms with Gasteiger partial charge in [0.1, 0.15) is 10.7 Å². The van der Waals surface area contributed by atoms with E-state index in [-0.39, 0.29) is 17.0 Å². The number of fused-ring (bicyclic) bond motifs is 1. The minimum Gasteiger partial charge on any atom is -0.297 e. The average Bonchev–Trinajstić information content (AvgIpc) is 2.85. The van der Waals surface area contributed by atoms with Gasteiger partial charge < -0.3 is 0 Å². The van der Waals surface area contributed by atoms with Crippen LogP contribution in [0.5, 0.6) is 0 Å². The fraction of sp³-hybridized carbons (Fsp3) is 0.571. The Morgan fingerprint density at radius 2 is 2.00 bits per heavy atom. The summed E-state index contributed by atoms with van der Waals surface area (Å²) in [5.74, 6) is -0.673. The Balaban J connectivity index is 1.93. The molecule has 0 aliphatic carbocycles. The molecule has 2 aliphatic heterocycles. The first-order valence-corrected chi connectivity index (χ1v) is 8.44. The lowest BCUT2D eigenvalue weighted by Crippen LogP contribution is -2.56. The van der Waals surface area contributed by atoms with Crippen molar-refractivity contribution in [2.24, 2.45) is 0 Å². The van der Waals surface area contributed by atoms with Gasteiger partial charge in [-0.05, 0) is 38.4 Å². The molecule has 2 heterocycles. The Bertz CT molecular complexity index is 605. The fourth-order valence-corrected chi connectivity index (χ4v) is 5.00. The second-order valence-corrected chi connectivity index (χ2v) is 7.50. The van der Waals surface area contributed by atoms with E-state index in [9.17, 15) is 12.8 Å². The van der Waals surface area contributed by atoms with Crippen LogP contribution >= 0.6 is 0 Å². The van der Waals surface area contributed by atoms with Crippen molar-refractivity contribution >= 4 is 10.0 Å². The van der Waals surface area contributed by atoms with Crippen molar-refractivity contribution in [2.75, 3.05) is 19.6 Å². The van der Waals surface area contributed by atoms with Crippen molar-refractivity contribution in [2.45, 2.75) is 36.7 Å². The van der Waals surface area contributed by atoms with Crippen LogP contribution in [-0.4, -0.2) is 49.3 Å². The molecule has 0 amide bonds. The molecule has 4 nitrogen and oxygen atoms in total. The van der Waals surface area contributed by atoms with Gasteiger partial charge in [-0.3, -0.25) is 4.90 Å². The third kappa shape index (κ3) is 2.25. The van der Waals surface area contributed by atoms with Crippen LogP contribution in [0, 0.1) is 5.82 Å². The molecule has 0 N–H and O–H groups in total. The van der Waals surface area contributed by atoms with Gasteiger partial charge in [-0.1, -0.05) is 12.1 Å². The van der Waals surface area contributed by atoms with Crippen LogP contribution in [0.3, 0.4) is 0 Å². The topological polar surface area (TPSA) is 40.6 Å². The van der Waals surface area contributed by atoms with E-state index in [1.165, 1.54) is 22.5 Å². The predicted molar refractivity (Wildman–Crippen MR) is 74.3 cm³/mol. The van der Waals surface area contributed by atoms with E-state index in [2.05, 4.69) is 4.90 Å². The van der Waals surface area contributed by atoms with E-state index >= 15 is 0 Å². The number of benzene rings is 1. The predicted octanol–water partition coefficient (Wildman–Crippen LogP) is 1.68. The lowest BCUT2D eigenvalue weighted by atomic mass is 10.1. The van der Waals surface area contributed by atoms with E-state index in [0.717, 1.165) is 25.9 Å². The van der Waals surface area contributed by atoms with Crippen molar-refractivity contribution in [1.29, 1.82) is 0 Å². The summed E-state index contributed by atoms with van der Waals surface area (Å²) in [4.78, 5) is 2.14. The highest BCUT2D eigenvalue weighted by molar-refractivity contribution is 7.89. The van der Waals surface area contributed by atoms with Gasteiger partial charge in [0, 0.05) is 25.2 Å². The molecule has 20 heavy (non-hydrogen) atoms. The molecule has 2 atom stereocenters. The van der Waals surface area contributed by atoms with Crippen LogP contribution in [-0.2, 0) is 10.0 Å². The van der Waals surface area contributed by atoms with E-state index in [1.54, 1.807) is 6.07 Å². The third-order valence-corrected chi connectivity index (χ3v) is 6.32. The standard InChI is InChI=1S/C14H19FN2O2S/c1-11-9-16-8-4-5-12(16)10-17(11)20(18,19)14-7-3-2-6-13(14)15/h2-3,6-7,11-12H,4-5,8-10H2,1H3. The van der Waals surface area contributed by atoms with Gasteiger partial charge in [0.05, 0.1) is 0 Å². The maximum absolute atomic E-state index is 13.8. The second kappa shape index (κ2) is 5.09. The molecule has 0 radical (unpaired) electrons. The first kappa shape index (κ1) is 14.0. The molecule has 2 fully saturated rings. The molecule has 6 heteroatoms. The van der Waals surface area contributed by atoms with Crippen molar-refractivity contribution in [3.8, 4) is 0 Å². The second-order valence-electron chi connectivity index (χ2n) is 5.65. The third-order valence-electron chi connectivity index (χ3n) is 4.30. The number of halogens is 1. The molecule has 110 valence electrons. The molecule has 0 spiro atoms. The van der Waals surface area contributed by atoms with Crippen molar-refractivity contribution in [1.82, 2.24) is 9.21 Å². The normalized spacial score (nSPS) is 28.5. The summed E-state index contributed by atoms with van der Waals surface area (Å²) >= 11 is 0. The molecule has 2 saturated heterocycles. The van der Waals surface area contributed by atoms with Gasteiger partial charge in [0.2, 0.25) is 10.0 Å². The van der Waals surface area contributed by atoms with E-state index in [1.807, 2.05) is 6.92 Å². The molecule has 2 aliphatic rings. The zero-order valence-corrected chi connectivity index (χ0v) is 12.3. The van der Waals surface area contributed by atoms with Crippen LogP contribution < -0.4 is 0 Å². The summed E-state index contributed by atoms with van der Waals surface area (Å²) in [5, 5.41) is 0. The molecule has 2 unspecified atom stereocenters. The van der Waals surface area contributed by atoms with Gasteiger partial charge in [-0.15, -0.1) is 0 Å². The van der Waals surface area contributed by atoms with Crippen molar-refractivity contribution < 1.29 is 12.8 Å². The minimum absolute atomic E-state index is 0.117. The smallest absolute Gasteiger partial charge is 0.246 e. The number of nitrogens with zero attached hydrogens (tertiary/aromatic N) is 2. The number of hydrogen-bond acceptors (Lipinski definition) is 3. The summed E-state index contributed by atoms with van der Waals surface area (Å²) in [6, 6.07) is 5.78. The zero-order chi connectivity index (χ0) is 14.3.